The molecule has 0 fully saturated rings. The van der Waals surface area contributed by atoms with Gasteiger partial charge in [-0.2, -0.15) is 0 Å². The molecule has 1 heterocycles. The van der Waals surface area contributed by atoms with Crippen LogP contribution in [0.1, 0.15) is 21.6 Å². The number of carbonyl (C=O) groups is 1. The summed E-state index contributed by atoms with van der Waals surface area (Å²) in [7, 11) is 1.80. The molecule has 0 atom stereocenters. The largest absolute Gasteiger partial charge is 0.350 e. The predicted octanol–water partition coefficient (Wildman–Crippen LogP) is 4.06. The summed E-state index contributed by atoms with van der Waals surface area (Å²) < 4.78 is 0. The molecule has 3 aromatic rings. The third-order valence-corrected chi connectivity index (χ3v) is 3.88. The van der Waals surface area contributed by atoms with Crippen LogP contribution in [0.4, 0.5) is 5.69 Å². The maximum atomic E-state index is 12.7. The lowest BCUT2D eigenvalue weighted by molar-refractivity contribution is 0.0988. The lowest BCUT2D eigenvalue weighted by atomic mass is 10.1. The van der Waals surface area contributed by atoms with Gasteiger partial charge in [0.1, 0.15) is 5.69 Å². The number of carbonyl (C=O) groups excluding carboxylic acids is 1. The van der Waals surface area contributed by atoms with Crippen LogP contribution in [0.3, 0.4) is 0 Å². The van der Waals surface area contributed by atoms with Crippen LogP contribution in [-0.4, -0.2) is 17.9 Å². The zero-order chi connectivity index (χ0) is 15.0. The van der Waals surface area contributed by atoms with Gasteiger partial charge in [-0.1, -0.05) is 29.8 Å². The quantitative estimate of drug-likeness (QED) is 0.754. The van der Waals surface area contributed by atoms with E-state index in [1.165, 1.54) is 5.56 Å². The zero-order valence-corrected chi connectivity index (χ0v) is 12.5. The molecule has 3 nitrogen and oxygen atoms in total. The van der Waals surface area contributed by atoms with E-state index in [-0.39, 0.29) is 5.91 Å². The Morgan fingerprint density at radius 2 is 1.76 bits per heavy atom. The Labute approximate surface area is 124 Å². The monoisotopic (exact) mass is 278 g/mol. The Morgan fingerprint density at radius 3 is 2.48 bits per heavy atom. The van der Waals surface area contributed by atoms with Gasteiger partial charge in [0.25, 0.3) is 5.91 Å². The number of para-hydroxylation sites is 1. The summed E-state index contributed by atoms with van der Waals surface area (Å²) in [4.78, 5) is 17.6. The van der Waals surface area contributed by atoms with Crippen molar-refractivity contribution in [2.75, 3.05) is 11.9 Å². The first kappa shape index (κ1) is 13.4. The molecule has 0 radical (unpaired) electrons. The Morgan fingerprint density at radius 1 is 1.05 bits per heavy atom. The van der Waals surface area contributed by atoms with Crippen LogP contribution in [0.5, 0.6) is 0 Å². The molecule has 1 N–H and O–H groups in total. The highest BCUT2D eigenvalue weighted by molar-refractivity contribution is 6.09. The van der Waals surface area contributed by atoms with Crippen LogP contribution >= 0.6 is 0 Å². The standard InChI is InChI=1S/C18H18N2O/c1-12-9-10-16-15(11-12)13(2)17(19-16)18(21)20(3)14-7-5-4-6-8-14/h4-11,19H,1-3H3. The number of aryl methyl sites for hydroxylation is 2. The van der Waals surface area contributed by atoms with Gasteiger partial charge in [0.15, 0.2) is 0 Å². The molecule has 1 aromatic heterocycles. The number of amides is 1. The van der Waals surface area contributed by atoms with Crippen LogP contribution in [0.2, 0.25) is 0 Å². The van der Waals surface area contributed by atoms with Crippen molar-refractivity contribution < 1.29 is 4.79 Å². The number of nitrogens with one attached hydrogen (secondary N) is 1. The summed E-state index contributed by atoms with van der Waals surface area (Å²) in [5.41, 5.74) is 4.74. The van der Waals surface area contributed by atoms with Gasteiger partial charge in [-0.05, 0) is 43.7 Å². The Kier molecular flexibility index (Phi) is 3.26. The van der Waals surface area contributed by atoms with Gasteiger partial charge in [0.05, 0.1) is 0 Å². The zero-order valence-electron chi connectivity index (χ0n) is 12.5. The molecule has 3 rings (SSSR count). The Bertz CT molecular complexity index is 803. The van der Waals surface area contributed by atoms with Crippen LogP contribution < -0.4 is 4.90 Å². The molecule has 0 saturated carbocycles. The fourth-order valence-electron chi connectivity index (χ4n) is 2.59. The number of fused-ring (bicyclic) bond motifs is 1. The van der Waals surface area contributed by atoms with Crippen molar-refractivity contribution in [1.29, 1.82) is 0 Å². The third kappa shape index (κ3) is 2.31. The van der Waals surface area contributed by atoms with E-state index in [0.29, 0.717) is 5.69 Å². The normalized spacial score (nSPS) is 10.8. The lowest BCUT2D eigenvalue weighted by Gasteiger charge is -2.16. The summed E-state index contributed by atoms with van der Waals surface area (Å²) in [6.45, 7) is 4.05. The maximum Gasteiger partial charge on any atom is 0.274 e. The van der Waals surface area contributed by atoms with E-state index in [2.05, 4.69) is 18.0 Å². The van der Waals surface area contributed by atoms with Crippen molar-refractivity contribution in [1.82, 2.24) is 4.98 Å². The van der Waals surface area contributed by atoms with Gasteiger partial charge in [0, 0.05) is 23.6 Å². The van der Waals surface area contributed by atoms with Gasteiger partial charge in [-0.25, -0.2) is 0 Å². The molecule has 0 aliphatic heterocycles. The molecule has 21 heavy (non-hydrogen) atoms. The fraction of sp³-hybridized carbons (Fsp3) is 0.167. The van der Waals surface area contributed by atoms with Gasteiger partial charge in [-0.15, -0.1) is 0 Å². The molecule has 2 aromatic carbocycles. The third-order valence-electron chi connectivity index (χ3n) is 3.88. The lowest BCUT2D eigenvalue weighted by Crippen LogP contribution is -2.27. The highest BCUT2D eigenvalue weighted by atomic mass is 16.2. The van der Waals surface area contributed by atoms with Crippen LogP contribution in [-0.2, 0) is 0 Å². The molecular weight excluding hydrogens is 260 g/mol. The molecule has 3 heteroatoms. The van der Waals surface area contributed by atoms with E-state index in [9.17, 15) is 4.79 Å². The number of nitrogens with zero attached hydrogens (tertiary/aromatic N) is 1. The molecule has 0 spiro atoms. The van der Waals surface area contributed by atoms with E-state index in [1.54, 1.807) is 11.9 Å². The second-order valence-electron chi connectivity index (χ2n) is 5.37. The van der Waals surface area contributed by atoms with Crippen molar-refractivity contribution in [3.63, 3.8) is 0 Å². The molecular formula is C18H18N2O. The van der Waals surface area contributed by atoms with Gasteiger partial charge >= 0.3 is 0 Å². The average molecular weight is 278 g/mol. The van der Waals surface area contributed by atoms with Crippen molar-refractivity contribution in [3.05, 3.63) is 65.4 Å². The number of aromatic nitrogens is 1. The molecule has 106 valence electrons. The molecule has 0 aliphatic rings. The summed E-state index contributed by atoms with van der Waals surface area (Å²) in [5.74, 6) is -0.0208. The number of benzene rings is 2. The van der Waals surface area contributed by atoms with E-state index in [0.717, 1.165) is 22.2 Å². The first-order valence-corrected chi connectivity index (χ1v) is 7.00. The SMILES string of the molecule is Cc1ccc2[nH]c(C(=O)N(C)c3ccccc3)c(C)c2c1. The molecule has 0 aliphatic carbocycles. The van der Waals surface area contributed by atoms with E-state index in [1.807, 2.05) is 49.4 Å². The summed E-state index contributed by atoms with van der Waals surface area (Å²) >= 11 is 0. The Balaban J connectivity index is 2.04. The summed E-state index contributed by atoms with van der Waals surface area (Å²) in [6, 6.07) is 15.9. The second kappa shape index (κ2) is 5.09. The van der Waals surface area contributed by atoms with Gasteiger partial charge in [-0.3, -0.25) is 4.79 Å². The van der Waals surface area contributed by atoms with Crippen LogP contribution in [0.15, 0.2) is 48.5 Å². The summed E-state index contributed by atoms with van der Waals surface area (Å²) in [6.07, 6.45) is 0. The number of hydrogen-bond donors (Lipinski definition) is 1. The van der Waals surface area contributed by atoms with Crippen LogP contribution in [0.25, 0.3) is 10.9 Å². The minimum atomic E-state index is -0.0208. The number of aromatic amines is 1. The minimum absolute atomic E-state index is 0.0208. The predicted molar refractivity (Wildman–Crippen MR) is 86.9 cm³/mol. The highest BCUT2D eigenvalue weighted by Crippen LogP contribution is 2.25. The van der Waals surface area contributed by atoms with Crippen molar-refractivity contribution >= 4 is 22.5 Å². The summed E-state index contributed by atoms with van der Waals surface area (Å²) in [5, 5.41) is 1.11. The maximum absolute atomic E-state index is 12.7. The number of rotatable bonds is 2. The topological polar surface area (TPSA) is 36.1 Å². The molecule has 0 bridgehead atoms. The van der Waals surface area contributed by atoms with Crippen molar-refractivity contribution in [3.8, 4) is 0 Å². The average Bonchev–Trinajstić information content (AvgIpc) is 2.83. The number of anilines is 1. The van der Waals surface area contributed by atoms with E-state index >= 15 is 0 Å². The smallest absolute Gasteiger partial charge is 0.274 e. The second-order valence-corrected chi connectivity index (χ2v) is 5.37. The number of hydrogen-bond acceptors (Lipinski definition) is 1. The fourth-order valence-corrected chi connectivity index (χ4v) is 2.59. The van der Waals surface area contributed by atoms with Gasteiger partial charge < -0.3 is 9.88 Å². The van der Waals surface area contributed by atoms with Crippen molar-refractivity contribution in [2.45, 2.75) is 13.8 Å². The molecule has 0 saturated heterocycles. The molecule has 1 amide bonds. The number of H-pyrrole nitrogens is 1. The minimum Gasteiger partial charge on any atom is -0.350 e. The molecule has 0 unspecified atom stereocenters. The Hall–Kier alpha value is -2.55. The highest BCUT2D eigenvalue weighted by Gasteiger charge is 2.19. The van der Waals surface area contributed by atoms with E-state index in [4.69, 9.17) is 0 Å². The van der Waals surface area contributed by atoms with Gasteiger partial charge in [0.2, 0.25) is 0 Å². The van der Waals surface area contributed by atoms with Crippen LogP contribution in [0, 0.1) is 13.8 Å². The van der Waals surface area contributed by atoms with Crippen molar-refractivity contribution in [2.24, 2.45) is 0 Å². The first-order chi connectivity index (χ1) is 10.1. The first-order valence-electron chi connectivity index (χ1n) is 7.00. The van der Waals surface area contributed by atoms with E-state index < -0.39 is 0 Å².